The van der Waals surface area contributed by atoms with Crippen LogP contribution in [0.3, 0.4) is 0 Å². The number of imide groups is 2. The lowest BCUT2D eigenvalue weighted by molar-refractivity contribution is -0.136. The Balaban J connectivity index is 1.86. The Morgan fingerprint density at radius 2 is 2.00 bits per heavy atom. The monoisotopic (exact) mass is 357 g/mol. The standard InChI is InChI=1S/C18H19N3O5/c1-2-4-13(22)19-9-10-5-3-6-11-15(10)18(26)21(17(11)25)12-7-8-14(23)20-16(12)24/h3,5-6,12H,2,4,7-9H2,1H3,(H,19,22)(H,20,23,24). The van der Waals surface area contributed by atoms with E-state index in [2.05, 4.69) is 10.6 Å². The first kappa shape index (κ1) is 17.8. The predicted octanol–water partition coefficient (Wildman–Crippen LogP) is 0.504. The molecule has 3 rings (SSSR count). The van der Waals surface area contributed by atoms with Gasteiger partial charge in [-0.15, -0.1) is 0 Å². The predicted molar refractivity (Wildman–Crippen MR) is 89.9 cm³/mol. The molecule has 2 heterocycles. The zero-order chi connectivity index (χ0) is 18.8. The van der Waals surface area contributed by atoms with Crippen molar-refractivity contribution in [1.29, 1.82) is 0 Å². The topological polar surface area (TPSA) is 113 Å². The molecule has 2 aliphatic rings. The number of amides is 5. The van der Waals surface area contributed by atoms with Crippen LogP contribution in [0.25, 0.3) is 0 Å². The summed E-state index contributed by atoms with van der Waals surface area (Å²) >= 11 is 0. The number of fused-ring (bicyclic) bond motifs is 1. The minimum absolute atomic E-state index is 0.0732. The summed E-state index contributed by atoms with van der Waals surface area (Å²) < 4.78 is 0. The maximum atomic E-state index is 12.9. The van der Waals surface area contributed by atoms with Crippen molar-refractivity contribution in [3.05, 3.63) is 34.9 Å². The summed E-state index contributed by atoms with van der Waals surface area (Å²) in [5.74, 6) is -2.32. The largest absolute Gasteiger partial charge is 0.352 e. The molecule has 1 aromatic rings. The van der Waals surface area contributed by atoms with Gasteiger partial charge in [-0.3, -0.25) is 34.2 Å². The van der Waals surface area contributed by atoms with Crippen LogP contribution in [0, 0.1) is 0 Å². The van der Waals surface area contributed by atoms with E-state index in [4.69, 9.17) is 0 Å². The molecule has 1 unspecified atom stereocenters. The number of benzene rings is 1. The van der Waals surface area contributed by atoms with E-state index >= 15 is 0 Å². The molecule has 0 bridgehead atoms. The summed E-state index contributed by atoms with van der Waals surface area (Å²) in [7, 11) is 0. The van der Waals surface area contributed by atoms with Gasteiger partial charge in [0.15, 0.2) is 0 Å². The van der Waals surface area contributed by atoms with Gasteiger partial charge in [0, 0.05) is 19.4 Å². The molecule has 2 N–H and O–H groups in total. The van der Waals surface area contributed by atoms with Gasteiger partial charge in [0.1, 0.15) is 6.04 Å². The van der Waals surface area contributed by atoms with Crippen LogP contribution in [-0.2, 0) is 20.9 Å². The Kier molecular flexibility index (Phi) is 4.83. The highest BCUT2D eigenvalue weighted by atomic mass is 16.2. The molecule has 0 saturated carbocycles. The molecule has 1 atom stereocenters. The SMILES string of the molecule is CCCC(=O)NCc1cccc2c1C(=O)N(C1CCC(=O)NC1=O)C2=O. The van der Waals surface area contributed by atoms with Crippen LogP contribution in [0.2, 0.25) is 0 Å². The summed E-state index contributed by atoms with van der Waals surface area (Å²) in [5.41, 5.74) is 0.945. The Bertz CT molecular complexity index is 817. The average molecular weight is 357 g/mol. The lowest BCUT2D eigenvalue weighted by atomic mass is 10.0. The van der Waals surface area contributed by atoms with Crippen molar-refractivity contribution in [2.75, 3.05) is 0 Å². The third-order valence-corrected chi connectivity index (χ3v) is 4.51. The summed E-state index contributed by atoms with van der Waals surface area (Å²) in [6.07, 6.45) is 1.27. The van der Waals surface area contributed by atoms with Crippen molar-refractivity contribution in [1.82, 2.24) is 15.5 Å². The zero-order valence-electron chi connectivity index (χ0n) is 14.3. The van der Waals surface area contributed by atoms with Gasteiger partial charge >= 0.3 is 0 Å². The minimum Gasteiger partial charge on any atom is -0.352 e. The van der Waals surface area contributed by atoms with E-state index in [1.807, 2.05) is 6.92 Å². The first-order valence-corrected chi connectivity index (χ1v) is 8.54. The van der Waals surface area contributed by atoms with Crippen LogP contribution in [0.5, 0.6) is 0 Å². The van der Waals surface area contributed by atoms with Crippen LogP contribution >= 0.6 is 0 Å². The average Bonchev–Trinajstić information content (AvgIpc) is 2.85. The highest BCUT2D eigenvalue weighted by Gasteiger charge is 2.45. The number of carbonyl (C=O) groups is 5. The number of nitrogens with zero attached hydrogens (tertiary/aromatic N) is 1. The fourth-order valence-electron chi connectivity index (χ4n) is 3.24. The Hall–Kier alpha value is -3.03. The highest BCUT2D eigenvalue weighted by molar-refractivity contribution is 6.24. The molecule has 1 fully saturated rings. The van der Waals surface area contributed by atoms with Crippen molar-refractivity contribution in [2.45, 2.75) is 45.2 Å². The summed E-state index contributed by atoms with van der Waals surface area (Å²) in [4.78, 5) is 61.5. The van der Waals surface area contributed by atoms with Crippen molar-refractivity contribution >= 4 is 29.5 Å². The maximum absolute atomic E-state index is 12.9. The normalized spacial score (nSPS) is 19.4. The third-order valence-electron chi connectivity index (χ3n) is 4.51. The van der Waals surface area contributed by atoms with E-state index in [-0.39, 0.29) is 36.4 Å². The van der Waals surface area contributed by atoms with E-state index < -0.39 is 29.7 Å². The van der Waals surface area contributed by atoms with Gasteiger partial charge in [-0.25, -0.2) is 0 Å². The molecule has 26 heavy (non-hydrogen) atoms. The molecule has 2 aliphatic heterocycles. The van der Waals surface area contributed by atoms with Gasteiger partial charge in [0.2, 0.25) is 17.7 Å². The second-order valence-corrected chi connectivity index (χ2v) is 6.31. The number of rotatable bonds is 5. The number of nitrogens with one attached hydrogen (secondary N) is 2. The van der Waals surface area contributed by atoms with E-state index in [0.717, 1.165) is 4.90 Å². The Labute approximate surface area is 149 Å². The lowest BCUT2D eigenvalue weighted by Gasteiger charge is -2.27. The van der Waals surface area contributed by atoms with Crippen LogP contribution in [-0.4, -0.2) is 40.5 Å². The van der Waals surface area contributed by atoms with Gasteiger partial charge in [-0.1, -0.05) is 19.1 Å². The molecular formula is C18H19N3O5. The Morgan fingerprint density at radius 3 is 2.69 bits per heavy atom. The van der Waals surface area contributed by atoms with Gasteiger partial charge in [-0.05, 0) is 24.5 Å². The smallest absolute Gasteiger partial charge is 0.262 e. The minimum atomic E-state index is -0.998. The van der Waals surface area contributed by atoms with E-state index in [9.17, 15) is 24.0 Å². The Morgan fingerprint density at radius 1 is 1.23 bits per heavy atom. The second kappa shape index (κ2) is 7.07. The maximum Gasteiger partial charge on any atom is 0.262 e. The third kappa shape index (κ3) is 3.10. The van der Waals surface area contributed by atoms with E-state index in [1.165, 1.54) is 6.07 Å². The first-order chi connectivity index (χ1) is 12.4. The molecule has 1 aromatic carbocycles. The van der Waals surface area contributed by atoms with Crippen molar-refractivity contribution in [3.8, 4) is 0 Å². The van der Waals surface area contributed by atoms with E-state index in [1.54, 1.807) is 12.1 Å². The van der Waals surface area contributed by atoms with Crippen molar-refractivity contribution in [3.63, 3.8) is 0 Å². The molecule has 8 nitrogen and oxygen atoms in total. The molecule has 8 heteroatoms. The van der Waals surface area contributed by atoms with Crippen LogP contribution in [0.15, 0.2) is 18.2 Å². The fourth-order valence-corrected chi connectivity index (χ4v) is 3.24. The number of hydrogen-bond donors (Lipinski definition) is 2. The molecule has 1 saturated heterocycles. The van der Waals surface area contributed by atoms with Crippen LogP contribution in [0.4, 0.5) is 0 Å². The van der Waals surface area contributed by atoms with Crippen molar-refractivity contribution < 1.29 is 24.0 Å². The van der Waals surface area contributed by atoms with Crippen LogP contribution < -0.4 is 10.6 Å². The molecule has 136 valence electrons. The van der Waals surface area contributed by atoms with Crippen LogP contribution in [0.1, 0.15) is 58.9 Å². The first-order valence-electron chi connectivity index (χ1n) is 8.54. The van der Waals surface area contributed by atoms with E-state index in [0.29, 0.717) is 18.4 Å². The van der Waals surface area contributed by atoms with Gasteiger partial charge in [-0.2, -0.15) is 0 Å². The summed E-state index contributed by atoms with van der Waals surface area (Å²) in [5, 5.41) is 4.89. The number of carbonyl (C=O) groups excluding carboxylic acids is 5. The zero-order valence-corrected chi connectivity index (χ0v) is 14.3. The molecule has 0 spiro atoms. The molecule has 0 radical (unpaired) electrons. The lowest BCUT2D eigenvalue weighted by Crippen LogP contribution is -2.54. The van der Waals surface area contributed by atoms with Gasteiger partial charge < -0.3 is 5.32 Å². The fraction of sp³-hybridized carbons (Fsp3) is 0.389. The number of piperidine rings is 1. The molecule has 0 aromatic heterocycles. The van der Waals surface area contributed by atoms with Crippen molar-refractivity contribution in [2.24, 2.45) is 0 Å². The molecule has 0 aliphatic carbocycles. The number of hydrogen-bond acceptors (Lipinski definition) is 5. The second-order valence-electron chi connectivity index (χ2n) is 6.31. The quantitative estimate of drug-likeness (QED) is 0.746. The molecular weight excluding hydrogens is 338 g/mol. The highest BCUT2D eigenvalue weighted by Crippen LogP contribution is 2.29. The van der Waals surface area contributed by atoms with Gasteiger partial charge in [0.05, 0.1) is 11.1 Å². The summed E-state index contributed by atoms with van der Waals surface area (Å²) in [6, 6.07) is 3.84. The molecule has 5 amide bonds. The summed E-state index contributed by atoms with van der Waals surface area (Å²) in [6.45, 7) is 2.02. The van der Waals surface area contributed by atoms with Gasteiger partial charge in [0.25, 0.3) is 11.8 Å².